The number of rotatable bonds is 6. The summed E-state index contributed by atoms with van der Waals surface area (Å²) in [5.41, 5.74) is 8.47. The van der Waals surface area contributed by atoms with Crippen molar-refractivity contribution in [2.24, 2.45) is 0 Å². The molecule has 0 aliphatic heterocycles. The quantitative estimate of drug-likeness (QED) is 0.135. The molecule has 0 spiro atoms. The molecule has 0 aliphatic rings. The van der Waals surface area contributed by atoms with Crippen LogP contribution in [0.1, 0.15) is 30.5 Å². The first kappa shape index (κ1) is 32.4. The van der Waals surface area contributed by atoms with Crippen molar-refractivity contribution in [3.8, 4) is 22.8 Å². The van der Waals surface area contributed by atoms with E-state index in [1.54, 1.807) is 0 Å². The molecule has 52 heavy (non-hydrogen) atoms. The van der Waals surface area contributed by atoms with E-state index >= 15 is 0 Å². The highest BCUT2D eigenvalue weighted by atomic mass is 35.5. The Hall–Kier alpha value is -5.52. The van der Waals surface area contributed by atoms with E-state index in [0.717, 1.165) is 64.5 Å². The third-order valence-electron chi connectivity index (χ3n) is 8.89. The molecule has 9 aromatic rings. The lowest BCUT2D eigenvalue weighted by Gasteiger charge is -2.05. The zero-order valence-electron chi connectivity index (χ0n) is 27.5. The number of nitrogens with zero attached hydrogens (tertiary/aromatic N) is 2. The molecular weight excluding hydrogens is 732 g/mol. The minimum atomic E-state index is -0.255. The maximum atomic E-state index is 13.2. The number of halogens is 2. The molecule has 0 radical (unpaired) electrons. The number of aromatic nitrogens is 4. The van der Waals surface area contributed by atoms with Crippen LogP contribution >= 0.6 is 45.9 Å². The molecule has 5 aromatic carbocycles. The topological polar surface area (TPSA) is 116 Å². The van der Waals surface area contributed by atoms with Crippen LogP contribution < -0.4 is 10.6 Å². The van der Waals surface area contributed by atoms with Crippen LogP contribution in [-0.2, 0) is 0 Å². The fraction of sp³-hybridized carbons (Fsp3) is 0.0500. The number of carbonyl (C=O) groups is 2. The maximum Gasteiger partial charge on any atom is 0.267 e. The molecule has 4 aromatic heterocycles. The van der Waals surface area contributed by atoms with Crippen molar-refractivity contribution < 1.29 is 9.59 Å². The summed E-state index contributed by atoms with van der Waals surface area (Å²) < 4.78 is 1.96. The second kappa shape index (κ2) is 12.6. The number of aromatic amines is 2. The zero-order chi connectivity index (χ0) is 35.7. The summed E-state index contributed by atoms with van der Waals surface area (Å²) in [7, 11) is 0. The normalized spacial score (nSPS) is 11.6. The van der Waals surface area contributed by atoms with Crippen LogP contribution in [0.25, 0.3) is 65.0 Å². The number of carbonyl (C=O) groups excluding carboxylic acids is 2. The molecule has 254 valence electrons. The van der Waals surface area contributed by atoms with E-state index in [1.165, 1.54) is 22.7 Å². The van der Waals surface area contributed by atoms with Gasteiger partial charge in [-0.3, -0.25) is 9.59 Å². The summed E-state index contributed by atoms with van der Waals surface area (Å²) in [6, 6.07) is 31.0. The van der Waals surface area contributed by atoms with Gasteiger partial charge in [0.2, 0.25) is 0 Å². The maximum absolute atomic E-state index is 13.2. The number of hydrogen-bond donors (Lipinski definition) is 4. The lowest BCUT2D eigenvalue weighted by atomic mass is 10.2. The first-order valence-electron chi connectivity index (χ1n) is 16.3. The number of nitrogens with one attached hydrogen (secondary N) is 4. The fourth-order valence-electron chi connectivity index (χ4n) is 6.24. The number of H-pyrrole nitrogens is 2. The van der Waals surface area contributed by atoms with Gasteiger partial charge in [-0.15, -0.1) is 22.7 Å². The van der Waals surface area contributed by atoms with Crippen molar-refractivity contribution in [1.82, 2.24) is 19.9 Å². The van der Waals surface area contributed by atoms with Crippen molar-refractivity contribution in [2.45, 2.75) is 13.8 Å². The van der Waals surface area contributed by atoms with E-state index < -0.39 is 0 Å². The Morgan fingerprint density at radius 1 is 0.577 bits per heavy atom. The Kier molecular flexibility index (Phi) is 7.85. The molecule has 0 fully saturated rings. The predicted molar refractivity (Wildman–Crippen MR) is 216 cm³/mol. The summed E-state index contributed by atoms with van der Waals surface area (Å²) in [4.78, 5) is 43.7. The largest absolute Gasteiger partial charge is 0.338 e. The molecular formula is C40H26Cl2N6O2S2. The molecule has 0 bridgehead atoms. The van der Waals surface area contributed by atoms with Crippen LogP contribution in [0.2, 0.25) is 10.0 Å². The van der Waals surface area contributed by atoms with Gasteiger partial charge in [0.15, 0.2) is 0 Å². The molecule has 9 rings (SSSR count). The summed E-state index contributed by atoms with van der Waals surface area (Å²) >= 11 is 15.9. The highest BCUT2D eigenvalue weighted by Crippen LogP contribution is 2.38. The van der Waals surface area contributed by atoms with Crippen molar-refractivity contribution in [1.29, 1.82) is 0 Å². The van der Waals surface area contributed by atoms with Gasteiger partial charge in [0, 0.05) is 42.7 Å². The standard InChI is InChI=1S/C40H26Cl2N6O2S2/c1-19-3-11-25-31(15-19)51-35(33(25)41)39(49)43-23-8-5-21(6-9-23)37-45-27-13-7-22(17-29(27)47-37)38-46-28-14-10-24(18-30(28)48-38)44-40(50)36-34(42)26-12-4-20(2)16-32(26)52-36/h3-18H,1-2H3,(H,43,49)(H,44,50)(H,45,47)(H,46,48). The van der Waals surface area contributed by atoms with Crippen molar-refractivity contribution >= 4 is 111 Å². The Balaban J connectivity index is 0.915. The summed E-state index contributed by atoms with van der Waals surface area (Å²) in [5, 5.41) is 8.64. The van der Waals surface area contributed by atoms with Gasteiger partial charge in [0.05, 0.1) is 32.1 Å². The van der Waals surface area contributed by atoms with Gasteiger partial charge in [-0.2, -0.15) is 0 Å². The molecule has 8 nitrogen and oxygen atoms in total. The molecule has 0 atom stereocenters. The predicted octanol–water partition coefficient (Wildman–Crippen LogP) is 11.6. The van der Waals surface area contributed by atoms with Crippen molar-refractivity contribution in [3.05, 3.63) is 128 Å². The van der Waals surface area contributed by atoms with E-state index in [-0.39, 0.29) is 11.8 Å². The molecule has 4 heterocycles. The van der Waals surface area contributed by atoms with Crippen LogP contribution in [0.4, 0.5) is 11.4 Å². The Labute approximate surface area is 314 Å². The molecule has 12 heteroatoms. The van der Waals surface area contributed by atoms with E-state index in [1.807, 2.05) is 111 Å². The van der Waals surface area contributed by atoms with Gasteiger partial charge in [0.1, 0.15) is 21.4 Å². The lowest BCUT2D eigenvalue weighted by molar-refractivity contribution is 0.102. The second-order valence-electron chi connectivity index (χ2n) is 12.6. The second-order valence-corrected chi connectivity index (χ2v) is 15.5. The average molecular weight is 758 g/mol. The molecule has 0 saturated carbocycles. The smallest absolute Gasteiger partial charge is 0.267 e. The van der Waals surface area contributed by atoms with Gasteiger partial charge in [-0.1, -0.05) is 47.5 Å². The van der Waals surface area contributed by atoms with Gasteiger partial charge < -0.3 is 20.6 Å². The lowest BCUT2D eigenvalue weighted by Crippen LogP contribution is -2.10. The van der Waals surface area contributed by atoms with E-state index in [4.69, 9.17) is 33.2 Å². The monoisotopic (exact) mass is 756 g/mol. The molecule has 0 aliphatic carbocycles. The van der Waals surface area contributed by atoms with E-state index in [9.17, 15) is 9.59 Å². The SMILES string of the molecule is Cc1ccc2c(Cl)c(C(=O)Nc3ccc(-c4nc5cc(-c6nc7ccc(NC(=O)c8sc9cc(C)ccc9c8Cl)cc7[nH]6)ccc5[nH]4)cc3)sc2c1. The van der Waals surface area contributed by atoms with Crippen molar-refractivity contribution in [2.75, 3.05) is 10.6 Å². The summed E-state index contributed by atoms with van der Waals surface area (Å²) in [6.07, 6.45) is 0. The van der Waals surface area contributed by atoms with Crippen LogP contribution in [-0.4, -0.2) is 31.8 Å². The average Bonchev–Trinajstić information content (AvgIpc) is 3.91. The van der Waals surface area contributed by atoms with Crippen LogP contribution in [0.3, 0.4) is 0 Å². The van der Waals surface area contributed by atoms with Gasteiger partial charge >= 0.3 is 0 Å². The summed E-state index contributed by atoms with van der Waals surface area (Å²) in [5.74, 6) is 0.884. The number of fused-ring (bicyclic) bond motifs is 4. The molecule has 2 amide bonds. The first-order chi connectivity index (χ1) is 25.2. The third-order valence-corrected chi connectivity index (χ3v) is 12.2. The fourth-order valence-corrected chi connectivity index (χ4v) is 9.26. The number of anilines is 2. The van der Waals surface area contributed by atoms with E-state index in [2.05, 4.69) is 20.6 Å². The zero-order valence-corrected chi connectivity index (χ0v) is 30.7. The number of imidazole rings is 2. The number of thiophene rings is 2. The minimum Gasteiger partial charge on any atom is -0.338 e. The number of aryl methyl sites for hydroxylation is 2. The van der Waals surface area contributed by atoms with Gasteiger partial charge in [0.25, 0.3) is 11.8 Å². The molecule has 0 saturated heterocycles. The van der Waals surface area contributed by atoms with Gasteiger partial charge in [-0.25, -0.2) is 9.97 Å². The van der Waals surface area contributed by atoms with Crippen LogP contribution in [0, 0.1) is 13.8 Å². The highest BCUT2D eigenvalue weighted by molar-refractivity contribution is 7.22. The Bertz CT molecular complexity index is 2900. The Morgan fingerprint density at radius 3 is 1.77 bits per heavy atom. The minimum absolute atomic E-state index is 0.244. The number of benzene rings is 5. The molecule has 4 N–H and O–H groups in total. The number of amides is 2. The van der Waals surface area contributed by atoms with Gasteiger partial charge in [-0.05, 0) is 97.8 Å². The molecule has 0 unspecified atom stereocenters. The van der Waals surface area contributed by atoms with Crippen LogP contribution in [0.15, 0.2) is 97.1 Å². The highest BCUT2D eigenvalue weighted by Gasteiger charge is 2.19. The van der Waals surface area contributed by atoms with E-state index in [0.29, 0.717) is 42.8 Å². The van der Waals surface area contributed by atoms with Crippen molar-refractivity contribution in [3.63, 3.8) is 0 Å². The Morgan fingerprint density at radius 2 is 1.12 bits per heavy atom. The first-order valence-corrected chi connectivity index (χ1v) is 18.7. The number of hydrogen-bond acceptors (Lipinski definition) is 6. The summed E-state index contributed by atoms with van der Waals surface area (Å²) in [6.45, 7) is 4.03. The van der Waals surface area contributed by atoms with Crippen LogP contribution in [0.5, 0.6) is 0 Å². The third kappa shape index (κ3) is 5.79.